The number of hydrogen-bond acceptors (Lipinski definition) is 3. The molecule has 1 N–H and O–H groups in total. The van der Waals surface area contributed by atoms with Gasteiger partial charge in [0, 0.05) is 22.2 Å². The second-order valence-corrected chi connectivity index (χ2v) is 5.39. The van der Waals surface area contributed by atoms with Crippen LogP contribution in [0.2, 0.25) is 5.02 Å². The predicted molar refractivity (Wildman–Crippen MR) is 88.1 cm³/mol. The summed E-state index contributed by atoms with van der Waals surface area (Å²) < 4.78 is 0. The molecule has 2 aromatic carbocycles. The lowest BCUT2D eigenvalue weighted by Gasteiger charge is -2.05. The molecule has 4 aromatic rings. The summed E-state index contributed by atoms with van der Waals surface area (Å²) in [6.45, 7) is 0. The van der Waals surface area contributed by atoms with Gasteiger partial charge in [0.15, 0.2) is 0 Å². The highest BCUT2D eigenvalue weighted by atomic mass is 35.5. The topological polar surface area (TPSA) is 58.6 Å². The van der Waals surface area contributed by atoms with Crippen LogP contribution in [0.4, 0.5) is 0 Å². The minimum Gasteiger partial charge on any atom is -0.306 e. The normalized spacial score (nSPS) is 11.1. The van der Waals surface area contributed by atoms with Crippen molar-refractivity contribution in [1.82, 2.24) is 15.0 Å². The molecule has 0 aliphatic heterocycles. The fourth-order valence-electron chi connectivity index (χ4n) is 2.50. The van der Waals surface area contributed by atoms with Crippen LogP contribution in [0, 0.1) is 0 Å². The maximum absolute atomic E-state index is 12.3. The maximum Gasteiger partial charge on any atom is 0.259 e. The van der Waals surface area contributed by atoms with Crippen molar-refractivity contribution in [2.24, 2.45) is 0 Å². The largest absolute Gasteiger partial charge is 0.306 e. The molecule has 0 unspecified atom stereocenters. The number of fused-ring (bicyclic) bond motifs is 3. The molecular weight excluding hydrogens is 298 g/mol. The molecule has 2 aromatic heterocycles. The van der Waals surface area contributed by atoms with E-state index in [1.807, 2.05) is 30.3 Å². The lowest BCUT2D eigenvalue weighted by Crippen LogP contribution is -2.09. The van der Waals surface area contributed by atoms with Crippen molar-refractivity contribution >= 4 is 33.4 Å². The Morgan fingerprint density at radius 1 is 0.955 bits per heavy atom. The van der Waals surface area contributed by atoms with E-state index < -0.39 is 0 Å². The van der Waals surface area contributed by atoms with E-state index in [2.05, 4.69) is 15.0 Å². The van der Waals surface area contributed by atoms with Crippen LogP contribution in [0.15, 0.2) is 59.5 Å². The zero-order valence-electron chi connectivity index (χ0n) is 11.4. The Morgan fingerprint density at radius 3 is 2.59 bits per heavy atom. The highest BCUT2D eigenvalue weighted by molar-refractivity contribution is 6.30. The van der Waals surface area contributed by atoms with Gasteiger partial charge in [-0.15, -0.1) is 0 Å². The first-order valence-corrected chi connectivity index (χ1v) is 7.14. The number of nitrogens with one attached hydrogen (secondary N) is 1. The van der Waals surface area contributed by atoms with Crippen molar-refractivity contribution in [2.45, 2.75) is 0 Å². The highest BCUT2D eigenvalue weighted by Gasteiger charge is 2.09. The number of hydrogen-bond donors (Lipinski definition) is 1. The fourth-order valence-corrected chi connectivity index (χ4v) is 2.63. The van der Waals surface area contributed by atoms with Crippen LogP contribution in [-0.2, 0) is 0 Å². The molecule has 0 saturated carbocycles. The lowest BCUT2D eigenvalue weighted by molar-refractivity contribution is 1.18. The second-order valence-electron chi connectivity index (χ2n) is 4.95. The summed E-state index contributed by atoms with van der Waals surface area (Å²) in [6.07, 6.45) is 1.72. The van der Waals surface area contributed by atoms with Gasteiger partial charge in [-0.3, -0.25) is 9.78 Å². The molecule has 0 aliphatic rings. The van der Waals surface area contributed by atoms with Gasteiger partial charge in [0.25, 0.3) is 5.56 Å². The van der Waals surface area contributed by atoms with Crippen molar-refractivity contribution in [2.75, 3.05) is 0 Å². The number of benzene rings is 2. The molecule has 0 atom stereocenters. The monoisotopic (exact) mass is 307 g/mol. The van der Waals surface area contributed by atoms with Crippen LogP contribution < -0.4 is 5.56 Å². The third kappa shape index (κ3) is 2.05. The number of aromatic amines is 1. The molecule has 22 heavy (non-hydrogen) atoms. The number of aromatic nitrogens is 3. The van der Waals surface area contributed by atoms with Gasteiger partial charge in [-0.2, -0.15) is 0 Å². The summed E-state index contributed by atoms with van der Waals surface area (Å²) in [6, 6.07) is 14.5. The van der Waals surface area contributed by atoms with Crippen LogP contribution in [0.1, 0.15) is 0 Å². The average molecular weight is 308 g/mol. The second kappa shape index (κ2) is 4.93. The molecule has 0 radical (unpaired) electrons. The Labute approximate surface area is 130 Å². The Morgan fingerprint density at radius 2 is 1.77 bits per heavy atom. The van der Waals surface area contributed by atoms with Crippen LogP contribution in [0.25, 0.3) is 33.2 Å². The average Bonchev–Trinajstić information content (AvgIpc) is 2.55. The van der Waals surface area contributed by atoms with E-state index in [-0.39, 0.29) is 5.56 Å². The summed E-state index contributed by atoms with van der Waals surface area (Å²) in [4.78, 5) is 24.1. The van der Waals surface area contributed by atoms with Gasteiger partial charge < -0.3 is 4.98 Å². The minimum atomic E-state index is -0.166. The molecular formula is C17H10ClN3O. The van der Waals surface area contributed by atoms with Gasteiger partial charge in [-0.25, -0.2) is 4.98 Å². The van der Waals surface area contributed by atoms with Gasteiger partial charge in [0.1, 0.15) is 5.82 Å². The van der Waals surface area contributed by atoms with E-state index in [0.717, 1.165) is 16.5 Å². The third-order valence-electron chi connectivity index (χ3n) is 3.57. The van der Waals surface area contributed by atoms with Crippen molar-refractivity contribution in [3.8, 4) is 11.4 Å². The van der Waals surface area contributed by atoms with Crippen LogP contribution in [0.5, 0.6) is 0 Å². The Balaban J connectivity index is 2.08. The maximum atomic E-state index is 12.3. The molecule has 0 saturated heterocycles. The van der Waals surface area contributed by atoms with Crippen molar-refractivity contribution in [3.63, 3.8) is 0 Å². The lowest BCUT2D eigenvalue weighted by atomic mass is 10.1. The predicted octanol–water partition coefficient (Wildman–Crippen LogP) is 3.79. The molecule has 0 aliphatic carbocycles. The van der Waals surface area contributed by atoms with Crippen LogP contribution >= 0.6 is 11.6 Å². The van der Waals surface area contributed by atoms with Gasteiger partial charge in [0.05, 0.1) is 16.4 Å². The third-order valence-corrected chi connectivity index (χ3v) is 3.83. The molecule has 5 heteroatoms. The van der Waals surface area contributed by atoms with Gasteiger partial charge in [-0.1, -0.05) is 11.6 Å². The standard InChI is InChI=1S/C17H10ClN3O/c18-11-5-3-10(4-6-11)16-20-15-12-2-1-9-19-14(12)8-7-13(15)17(22)21-16/h1-9H,(H,20,21,22). The SMILES string of the molecule is O=c1[nH]c(-c2ccc(Cl)cc2)nc2c1ccc1ncccc12. The van der Waals surface area contributed by atoms with Crippen LogP contribution in [0.3, 0.4) is 0 Å². The van der Waals surface area contributed by atoms with E-state index >= 15 is 0 Å². The van der Waals surface area contributed by atoms with Gasteiger partial charge >= 0.3 is 0 Å². The van der Waals surface area contributed by atoms with E-state index in [0.29, 0.717) is 21.7 Å². The number of H-pyrrole nitrogens is 1. The first-order chi connectivity index (χ1) is 10.7. The van der Waals surface area contributed by atoms with Crippen molar-refractivity contribution < 1.29 is 0 Å². The Bertz CT molecular complexity index is 1050. The van der Waals surface area contributed by atoms with Crippen molar-refractivity contribution in [1.29, 1.82) is 0 Å². The van der Waals surface area contributed by atoms with E-state index in [4.69, 9.17) is 11.6 Å². The van der Waals surface area contributed by atoms with E-state index in [1.54, 1.807) is 24.4 Å². The summed E-state index contributed by atoms with van der Waals surface area (Å²) in [5.74, 6) is 0.519. The molecule has 4 rings (SSSR count). The quantitative estimate of drug-likeness (QED) is 0.544. The summed E-state index contributed by atoms with van der Waals surface area (Å²) in [5.41, 5.74) is 2.11. The molecule has 0 spiro atoms. The molecule has 4 nitrogen and oxygen atoms in total. The van der Waals surface area contributed by atoms with Crippen LogP contribution in [-0.4, -0.2) is 15.0 Å². The highest BCUT2D eigenvalue weighted by Crippen LogP contribution is 2.23. The summed E-state index contributed by atoms with van der Waals surface area (Å²) in [5, 5.41) is 2.06. The molecule has 0 amide bonds. The number of rotatable bonds is 1. The Kier molecular flexibility index (Phi) is 2.91. The number of halogens is 1. The van der Waals surface area contributed by atoms with Gasteiger partial charge in [0.2, 0.25) is 0 Å². The van der Waals surface area contributed by atoms with Gasteiger partial charge in [-0.05, 0) is 48.5 Å². The summed E-state index contributed by atoms with van der Waals surface area (Å²) in [7, 11) is 0. The molecule has 0 fully saturated rings. The summed E-state index contributed by atoms with van der Waals surface area (Å²) >= 11 is 5.90. The minimum absolute atomic E-state index is 0.166. The first kappa shape index (κ1) is 13.0. The zero-order valence-corrected chi connectivity index (χ0v) is 12.1. The molecule has 2 heterocycles. The zero-order chi connectivity index (χ0) is 15.1. The van der Waals surface area contributed by atoms with Crippen molar-refractivity contribution in [3.05, 3.63) is 70.1 Å². The molecule has 0 bridgehead atoms. The van der Waals surface area contributed by atoms with E-state index in [1.165, 1.54) is 0 Å². The molecule has 106 valence electrons. The van der Waals surface area contributed by atoms with E-state index in [9.17, 15) is 4.79 Å². The number of nitrogens with zero attached hydrogens (tertiary/aromatic N) is 2. The number of pyridine rings is 1. The fraction of sp³-hybridized carbons (Fsp3) is 0. The smallest absolute Gasteiger partial charge is 0.259 e. The first-order valence-electron chi connectivity index (χ1n) is 6.76. The Hall–Kier alpha value is -2.72.